The molecular weight excluding hydrogens is 478 g/mol. The number of benzene rings is 2. The lowest BCUT2D eigenvalue weighted by Crippen LogP contribution is -2.47. The van der Waals surface area contributed by atoms with E-state index in [2.05, 4.69) is 36.1 Å². The van der Waals surface area contributed by atoms with Crippen molar-refractivity contribution in [2.24, 2.45) is 5.92 Å². The number of rotatable bonds is 10. The molecule has 1 N–H and O–H groups in total. The van der Waals surface area contributed by atoms with Crippen molar-refractivity contribution < 1.29 is 19.5 Å². The summed E-state index contributed by atoms with van der Waals surface area (Å²) in [6.07, 6.45) is 7.69. The number of carbonyl (C=O) groups excluding carboxylic acids is 1. The molecule has 2 aromatic rings. The molecule has 2 aliphatic rings. The first-order chi connectivity index (χ1) is 18.5. The quantitative estimate of drug-likeness (QED) is 0.223. The van der Waals surface area contributed by atoms with Gasteiger partial charge in [-0.2, -0.15) is 0 Å². The molecule has 7 nitrogen and oxygen atoms in total. The molecule has 2 heterocycles. The maximum absolute atomic E-state index is 12.3. The summed E-state index contributed by atoms with van der Waals surface area (Å²) in [4.78, 5) is 16.8. The zero-order chi connectivity index (χ0) is 27.1. The van der Waals surface area contributed by atoms with Gasteiger partial charge in [-0.25, -0.2) is 9.86 Å². The normalized spacial score (nSPS) is 18.2. The number of amides is 2. The molecule has 7 heteroatoms. The molecule has 1 saturated heterocycles. The van der Waals surface area contributed by atoms with Gasteiger partial charge in [0.15, 0.2) is 0 Å². The van der Waals surface area contributed by atoms with Gasteiger partial charge >= 0.3 is 6.03 Å². The van der Waals surface area contributed by atoms with E-state index in [1.807, 2.05) is 24.3 Å². The van der Waals surface area contributed by atoms with Crippen LogP contribution in [0.4, 0.5) is 4.79 Å². The van der Waals surface area contributed by atoms with Crippen molar-refractivity contribution in [3.8, 4) is 11.5 Å². The Kier molecular flexibility index (Phi) is 9.56. The molecule has 0 radical (unpaired) electrons. The topological polar surface area (TPSA) is 65.5 Å². The Morgan fingerprint density at radius 2 is 1.50 bits per heavy atom. The van der Waals surface area contributed by atoms with E-state index in [1.165, 1.54) is 48.7 Å². The highest BCUT2D eigenvalue weighted by Gasteiger charge is 2.39. The van der Waals surface area contributed by atoms with Crippen molar-refractivity contribution in [3.63, 3.8) is 0 Å². The van der Waals surface area contributed by atoms with Gasteiger partial charge in [0.05, 0.1) is 14.2 Å². The van der Waals surface area contributed by atoms with Gasteiger partial charge in [0.1, 0.15) is 11.5 Å². The van der Waals surface area contributed by atoms with Crippen molar-refractivity contribution in [1.82, 2.24) is 14.9 Å². The molecule has 1 fully saturated rings. The Hall–Kier alpha value is -3.19. The van der Waals surface area contributed by atoms with E-state index in [0.717, 1.165) is 43.7 Å². The molecule has 38 heavy (non-hydrogen) atoms. The first-order valence-corrected chi connectivity index (χ1v) is 14.0. The van der Waals surface area contributed by atoms with Crippen LogP contribution < -0.4 is 9.47 Å². The first-order valence-electron chi connectivity index (χ1n) is 14.0. The van der Waals surface area contributed by atoms with E-state index < -0.39 is 0 Å². The third-order valence-electron chi connectivity index (χ3n) is 8.07. The summed E-state index contributed by atoms with van der Waals surface area (Å²) >= 11 is 0. The average Bonchev–Trinajstić information content (AvgIpc) is 3.34. The summed E-state index contributed by atoms with van der Waals surface area (Å²) < 4.78 is 10.9. The molecule has 1 unspecified atom stereocenters. The highest BCUT2D eigenvalue weighted by Crippen LogP contribution is 2.46. The SMILES string of the molecule is CCCCCCN1C(c2ccc(OC)cc2)=C(c2ccc(OC)cc2)CC1C1CCN(C(=O)N(C)O)CC1. The summed E-state index contributed by atoms with van der Waals surface area (Å²) in [6.45, 7) is 4.61. The number of hydrogen-bond acceptors (Lipinski definition) is 5. The summed E-state index contributed by atoms with van der Waals surface area (Å²) in [5.41, 5.74) is 5.12. The molecule has 0 spiro atoms. The maximum Gasteiger partial charge on any atom is 0.343 e. The van der Waals surface area contributed by atoms with E-state index in [0.29, 0.717) is 30.1 Å². The van der Waals surface area contributed by atoms with Gasteiger partial charge < -0.3 is 19.3 Å². The monoisotopic (exact) mass is 521 g/mol. The van der Waals surface area contributed by atoms with Crippen LogP contribution in [0.1, 0.15) is 63.0 Å². The lowest BCUT2D eigenvalue weighted by atomic mass is 9.86. The number of nitrogens with zero attached hydrogens (tertiary/aromatic N) is 3. The largest absolute Gasteiger partial charge is 0.497 e. The van der Waals surface area contributed by atoms with Crippen LogP contribution >= 0.6 is 0 Å². The van der Waals surface area contributed by atoms with Gasteiger partial charge in [0.2, 0.25) is 0 Å². The summed E-state index contributed by atoms with van der Waals surface area (Å²) in [7, 11) is 4.80. The molecule has 4 rings (SSSR count). The number of hydroxylamine groups is 2. The van der Waals surface area contributed by atoms with E-state index in [1.54, 1.807) is 19.1 Å². The molecule has 0 aromatic heterocycles. The Labute approximate surface area is 227 Å². The lowest BCUT2D eigenvalue weighted by Gasteiger charge is -2.40. The van der Waals surface area contributed by atoms with E-state index >= 15 is 0 Å². The van der Waals surface area contributed by atoms with Crippen LogP contribution in [-0.4, -0.2) is 73.0 Å². The van der Waals surface area contributed by atoms with E-state index in [-0.39, 0.29) is 6.03 Å². The van der Waals surface area contributed by atoms with Crippen LogP contribution in [0.2, 0.25) is 0 Å². The highest BCUT2D eigenvalue weighted by molar-refractivity contribution is 5.92. The van der Waals surface area contributed by atoms with Gasteiger partial charge in [-0.1, -0.05) is 38.3 Å². The van der Waals surface area contributed by atoms with Crippen LogP contribution in [0.25, 0.3) is 11.3 Å². The molecular formula is C31H43N3O4. The number of piperidine rings is 1. The fourth-order valence-corrected chi connectivity index (χ4v) is 5.98. The Balaban J connectivity index is 1.68. The van der Waals surface area contributed by atoms with Gasteiger partial charge in [-0.3, -0.25) is 5.21 Å². The van der Waals surface area contributed by atoms with Crippen molar-refractivity contribution in [1.29, 1.82) is 0 Å². The second kappa shape index (κ2) is 13.1. The molecule has 0 aliphatic carbocycles. The zero-order valence-corrected chi connectivity index (χ0v) is 23.4. The molecule has 206 valence electrons. The van der Waals surface area contributed by atoms with Crippen molar-refractivity contribution in [2.75, 3.05) is 40.9 Å². The van der Waals surface area contributed by atoms with Gasteiger partial charge in [0.25, 0.3) is 0 Å². The van der Waals surface area contributed by atoms with Crippen molar-refractivity contribution >= 4 is 17.3 Å². The van der Waals surface area contributed by atoms with Gasteiger partial charge in [-0.15, -0.1) is 0 Å². The standard InChI is InChI=1S/C31H43N3O4/c1-5-6-7-8-19-34-29(24-17-20-33(21-18-24)31(35)32(2)36)22-28(23-9-13-26(37-3)14-10-23)30(34)25-11-15-27(38-4)16-12-25/h9-16,24,29,36H,5-8,17-22H2,1-4H3. The minimum absolute atomic E-state index is 0.317. The van der Waals surface area contributed by atoms with Crippen LogP contribution in [0.5, 0.6) is 11.5 Å². The molecule has 1 atom stereocenters. The van der Waals surface area contributed by atoms with E-state index in [9.17, 15) is 10.0 Å². The second-order valence-electron chi connectivity index (χ2n) is 10.4. The molecule has 0 saturated carbocycles. The minimum atomic E-state index is -0.317. The lowest BCUT2D eigenvalue weighted by molar-refractivity contribution is -0.0375. The second-order valence-corrected chi connectivity index (χ2v) is 10.4. The fraction of sp³-hybridized carbons (Fsp3) is 0.516. The molecule has 0 bridgehead atoms. The number of hydrogen-bond donors (Lipinski definition) is 1. The predicted octanol–water partition coefficient (Wildman–Crippen LogP) is 6.38. The zero-order valence-electron chi connectivity index (χ0n) is 23.4. The third-order valence-corrected chi connectivity index (χ3v) is 8.07. The van der Waals surface area contributed by atoms with Crippen LogP contribution in [0.3, 0.4) is 0 Å². The first kappa shape index (κ1) is 27.8. The number of unbranched alkanes of at least 4 members (excludes halogenated alkanes) is 3. The van der Waals surface area contributed by atoms with Crippen LogP contribution in [-0.2, 0) is 0 Å². The molecule has 2 aromatic carbocycles. The third kappa shape index (κ3) is 6.26. The summed E-state index contributed by atoms with van der Waals surface area (Å²) in [5, 5.41) is 10.3. The van der Waals surface area contributed by atoms with Gasteiger partial charge in [0, 0.05) is 38.4 Å². The maximum atomic E-state index is 12.3. The van der Waals surface area contributed by atoms with Crippen molar-refractivity contribution in [3.05, 3.63) is 59.7 Å². The molecule has 2 amide bonds. The molecule has 2 aliphatic heterocycles. The highest BCUT2D eigenvalue weighted by atomic mass is 16.5. The van der Waals surface area contributed by atoms with E-state index in [4.69, 9.17) is 9.47 Å². The smallest absolute Gasteiger partial charge is 0.343 e. The summed E-state index contributed by atoms with van der Waals surface area (Å²) in [5.74, 6) is 2.19. The van der Waals surface area contributed by atoms with Crippen LogP contribution in [0.15, 0.2) is 48.5 Å². The Morgan fingerprint density at radius 3 is 2.03 bits per heavy atom. The Bertz CT molecular complexity index is 1070. The van der Waals surface area contributed by atoms with Gasteiger partial charge in [-0.05, 0) is 84.7 Å². The predicted molar refractivity (Wildman–Crippen MR) is 151 cm³/mol. The number of methoxy groups -OCH3 is 2. The number of carbonyl (C=O) groups is 1. The minimum Gasteiger partial charge on any atom is -0.497 e. The number of urea groups is 1. The summed E-state index contributed by atoms with van der Waals surface area (Å²) in [6, 6.07) is 16.9. The number of ether oxygens (including phenoxy) is 2. The average molecular weight is 522 g/mol. The van der Waals surface area contributed by atoms with Crippen LogP contribution in [0, 0.1) is 5.92 Å². The fourth-order valence-electron chi connectivity index (χ4n) is 5.98. The van der Waals surface area contributed by atoms with Crippen molar-refractivity contribution in [2.45, 2.75) is 57.9 Å². The Morgan fingerprint density at radius 1 is 0.921 bits per heavy atom. The number of likely N-dealkylation sites (tertiary alicyclic amines) is 1.